The number of hydrogen-bond donors (Lipinski definition) is 0. The van der Waals surface area contributed by atoms with E-state index in [0.717, 1.165) is 0 Å². The van der Waals surface area contributed by atoms with Gasteiger partial charge in [0, 0.05) is 0 Å². The lowest BCUT2D eigenvalue weighted by atomic mass is 10.1. The number of allylic oxidation sites excluding steroid dienone is 1. The van der Waals surface area contributed by atoms with Gasteiger partial charge in [0.15, 0.2) is 0 Å². The third kappa shape index (κ3) is 1.16. The van der Waals surface area contributed by atoms with Crippen molar-refractivity contribution in [3.8, 4) is 0 Å². The van der Waals surface area contributed by atoms with Gasteiger partial charge in [0.25, 0.3) is 0 Å². The van der Waals surface area contributed by atoms with Crippen LogP contribution in [0.5, 0.6) is 0 Å². The molecule has 1 heteroatoms. The average Bonchev–Trinajstić information content (AvgIpc) is 2.53. The van der Waals surface area contributed by atoms with Crippen LogP contribution in [-0.4, -0.2) is 0 Å². The van der Waals surface area contributed by atoms with Crippen molar-refractivity contribution >= 4 is 28.2 Å². The van der Waals surface area contributed by atoms with Crippen LogP contribution in [-0.2, 0) is 0 Å². The lowest BCUT2D eigenvalue weighted by Gasteiger charge is -1.94. The molecule has 0 saturated carbocycles. The van der Waals surface area contributed by atoms with Gasteiger partial charge in [0.1, 0.15) is 0 Å². The first kappa shape index (κ1) is 7.56. The van der Waals surface area contributed by atoms with Gasteiger partial charge in [0.05, 0.1) is 0 Å². The van der Waals surface area contributed by atoms with E-state index in [2.05, 4.69) is 41.1 Å². The van der Waals surface area contributed by atoms with Gasteiger partial charge in [0.2, 0.25) is 0 Å². The smallest absolute Gasteiger partial charge is 0.000431 e. The molecule has 0 amide bonds. The Morgan fingerprint density at radius 3 is 3.00 bits per heavy atom. The predicted molar refractivity (Wildman–Crippen MR) is 56.5 cm³/mol. The van der Waals surface area contributed by atoms with Crippen LogP contribution in [0.3, 0.4) is 0 Å². The first-order chi connectivity index (χ1) is 5.92. The maximum absolute atomic E-state index is 2.20. The molecule has 0 aliphatic heterocycles. The molecule has 0 radical (unpaired) electrons. The Kier molecular flexibility index (Phi) is 1.96. The zero-order chi connectivity index (χ0) is 8.39. The van der Waals surface area contributed by atoms with Crippen LogP contribution < -0.4 is 0 Å². The van der Waals surface area contributed by atoms with Gasteiger partial charge >= 0.3 is 0 Å². The number of rotatable bonds is 1. The summed E-state index contributed by atoms with van der Waals surface area (Å²) in [7, 11) is 0. The van der Waals surface area contributed by atoms with Crippen LogP contribution in [0.1, 0.15) is 12.5 Å². The largest absolute Gasteiger partial charge is 0.151 e. The molecule has 0 bridgehead atoms. The van der Waals surface area contributed by atoms with E-state index in [9.17, 15) is 0 Å². The summed E-state index contributed by atoms with van der Waals surface area (Å²) >= 11 is 1.76. The summed E-state index contributed by atoms with van der Waals surface area (Å²) in [5.74, 6) is 0. The summed E-state index contributed by atoms with van der Waals surface area (Å²) < 4.78 is 0. The standard InChI is InChI=1S/C11H10S/c1-2-4-9-5-3-6-10-7-12-8-11(9)10/h2-8H,1H3. The monoisotopic (exact) mass is 174 g/mol. The highest BCUT2D eigenvalue weighted by molar-refractivity contribution is 7.09. The molecule has 0 fully saturated rings. The molecule has 2 rings (SSSR count). The van der Waals surface area contributed by atoms with E-state index in [4.69, 9.17) is 0 Å². The van der Waals surface area contributed by atoms with Gasteiger partial charge in [-0.15, -0.1) is 0 Å². The van der Waals surface area contributed by atoms with Gasteiger partial charge in [-0.25, -0.2) is 0 Å². The topological polar surface area (TPSA) is 0 Å². The van der Waals surface area contributed by atoms with Gasteiger partial charge in [-0.2, -0.15) is 11.3 Å². The minimum atomic E-state index is 1.32. The van der Waals surface area contributed by atoms with E-state index in [0.29, 0.717) is 0 Å². The van der Waals surface area contributed by atoms with E-state index >= 15 is 0 Å². The molecule has 1 aromatic carbocycles. The van der Waals surface area contributed by atoms with E-state index in [1.807, 2.05) is 6.92 Å². The maximum atomic E-state index is 2.20. The zero-order valence-electron chi connectivity index (χ0n) is 6.95. The van der Waals surface area contributed by atoms with Crippen LogP contribution in [0, 0.1) is 0 Å². The molecule has 0 saturated heterocycles. The second kappa shape index (κ2) is 3.11. The van der Waals surface area contributed by atoms with Crippen molar-refractivity contribution in [2.24, 2.45) is 0 Å². The third-order valence-electron chi connectivity index (χ3n) is 1.90. The van der Waals surface area contributed by atoms with Gasteiger partial charge < -0.3 is 0 Å². The van der Waals surface area contributed by atoms with Crippen LogP contribution in [0.25, 0.3) is 16.8 Å². The van der Waals surface area contributed by atoms with Crippen molar-refractivity contribution in [1.29, 1.82) is 0 Å². The molecule has 0 aliphatic carbocycles. The average molecular weight is 174 g/mol. The number of benzene rings is 1. The molecule has 0 N–H and O–H groups in total. The van der Waals surface area contributed by atoms with Crippen LogP contribution in [0.2, 0.25) is 0 Å². The summed E-state index contributed by atoms with van der Waals surface area (Å²) in [6.07, 6.45) is 4.22. The normalized spacial score (nSPS) is 11.4. The molecule has 0 spiro atoms. The van der Waals surface area contributed by atoms with Crippen LogP contribution in [0.15, 0.2) is 35.0 Å². The molecule has 0 unspecified atom stereocenters. The molecule has 12 heavy (non-hydrogen) atoms. The van der Waals surface area contributed by atoms with Crippen molar-refractivity contribution in [3.05, 3.63) is 40.6 Å². The Morgan fingerprint density at radius 2 is 2.17 bits per heavy atom. The fourth-order valence-electron chi connectivity index (χ4n) is 1.34. The van der Waals surface area contributed by atoms with Crippen molar-refractivity contribution in [3.63, 3.8) is 0 Å². The lowest BCUT2D eigenvalue weighted by Crippen LogP contribution is -1.71. The molecule has 0 aliphatic rings. The summed E-state index contributed by atoms with van der Waals surface area (Å²) in [5, 5.41) is 7.09. The first-order valence-corrected chi connectivity index (χ1v) is 4.93. The predicted octanol–water partition coefficient (Wildman–Crippen LogP) is 3.93. The maximum Gasteiger partial charge on any atom is -0.000431 e. The Morgan fingerprint density at radius 1 is 1.25 bits per heavy atom. The van der Waals surface area contributed by atoms with E-state index < -0.39 is 0 Å². The van der Waals surface area contributed by atoms with Gasteiger partial charge in [-0.3, -0.25) is 0 Å². The molecule has 1 heterocycles. The number of hydrogen-bond acceptors (Lipinski definition) is 1. The number of fused-ring (bicyclic) bond motifs is 1. The molecule has 0 nitrogen and oxygen atoms in total. The van der Waals surface area contributed by atoms with Crippen LogP contribution in [0.4, 0.5) is 0 Å². The molecule has 2 aromatic rings. The van der Waals surface area contributed by atoms with Gasteiger partial charge in [-0.05, 0) is 34.0 Å². The van der Waals surface area contributed by atoms with E-state index in [-0.39, 0.29) is 0 Å². The van der Waals surface area contributed by atoms with Gasteiger partial charge in [-0.1, -0.05) is 30.4 Å². The molecular weight excluding hydrogens is 164 g/mol. The molecule has 1 aromatic heterocycles. The molecular formula is C11H10S. The highest BCUT2D eigenvalue weighted by atomic mass is 32.1. The van der Waals surface area contributed by atoms with Crippen molar-refractivity contribution < 1.29 is 0 Å². The van der Waals surface area contributed by atoms with Crippen molar-refractivity contribution in [2.75, 3.05) is 0 Å². The Labute approximate surface area is 76.2 Å². The molecule has 60 valence electrons. The summed E-state index contributed by atoms with van der Waals surface area (Å²) in [6.45, 7) is 2.05. The lowest BCUT2D eigenvalue weighted by molar-refractivity contribution is 1.73. The summed E-state index contributed by atoms with van der Waals surface area (Å²) in [4.78, 5) is 0. The Hall–Kier alpha value is -1.08. The Balaban J connectivity index is 2.73. The summed E-state index contributed by atoms with van der Waals surface area (Å²) in [5.41, 5.74) is 1.32. The first-order valence-electron chi connectivity index (χ1n) is 3.99. The molecule has 0 atom stereocenters. The van der Waals surface area contributed by atoms with Crippen molar-refractivity contribution in [1.82, 2.24) is 0 Å². The number of thiophene rings is 1. The minimum absolute atomic E-state index is 1.32. The van der Waals surface area contributed by atoms with E-state index in [1.165, 1.54) is 16.3 Å². The zero-order valence-corrected chi connectivity index (χ0v) is 7.77. The highest BCUT2D eigenvalue weighted by Gasteiger charge is 1.96. The Bertz CT molecular complexity index is 410. The minimum Gasteiger partial charge on any atom is -0.151 e. The van der Waals surface area contributed by atoms with Crippen molar-refractivity contribution in [2.45, 2.75) is 6.92 Å². The highest BCUT2D eigenvalue weighted by Crippen LogP contribution is 2.23. The fourth-order valence-corrected chi connectivity index (χ4v) is 2.17. The third-order valence-corrected chi connectivity index (χ3v) is 2.66. The second-order valence-electron chi connectivity index (χ2n) is 2.72. The fraction of sp³-hybridized carbons (Fsp3) is 0.0909. The van der Waals surface area contributed by atoms with Crippen LogP contribution >= 0.6 is 11.3 Å². The quantitative estimate of drug-likeness (QED) is 0.614. The SMILES string of the molecule is CC=Cc1cccc2cscc12. The van der Waals surface area contributed by atoms with E-state index in [1.54, 1.807) is 11.3 Å². The second-order valence-corrected chi connectivity index (χ2v) is 3.47. The summed E-state index contributed by atoms with van der Waals surface area (Å²) in [6, 6.07) is 6.40.